The zero-order chi connectivity index (χ0) is 12.3. The Hall–Kier alpha value is -1.09. The quantitative estimate of drug-likeness (QED) is 0.573. The molecule has 1 atom stereocenters. The summed E-state index contributed by atoms with van der Waals surface area (Å²) in [7, 11) is 0. The molecule has 3 heteroatoms. The third-order valence-corrected chi connectivity index (χ3v) is 4.26. The lowest BCUT2D eigenvalue weighted by molar-refractivity contribution is -0.117. The van der Waals surface area contributed by atoms with Gasteiger partial charge < -0.3 is 10.6 Å². The molecule has 2 rings (SSSR count). The van der Waals surface area contributed by atoms with Gasteiger partial charge in [0.15, 0.2) is 0 Å². The Balaban J connectivity index is 1.77. The fourth-order valence-electron chi connectivity index (χ4n) is 2.92. The van der Waals surface area contributed by atoms with Crippen molar-refractivity contribution in [2.75, 3.05) is 19.6 Å². The molecule has 94 valence electrons. The summed E-state index contributed by atoms with van der Waals surface area (Å²) in [5.41, 5.74) is 1.22. The Morgan fingerprint density at radius 3 is 2.82 bits per heavy atom. The molecule has 3 nitrogen and oxygen atoms in total. The number of carbonyl (C=O) groups excluding carboxylic acids is 1. The Bertz CT molecular complexity index is 340. The van der Waals surface area contributed by atoms with Crippen LogP contribution in [0.1, 0.15) is 26.2 Å². The number of piperidine rings is 1. The van der Waals surface area contributed by atoms with Gasteiger partial charge in [0.2, 0.25) is 0 Å². The van der Waals surface area contributed by atoms with E-state index < -0.39 is 0 Å². The van der Waals surface area contributed by atoms with Crippen molar-refractivity contribution < 1.29 is 4.79 Å². The van der Waals surface area contributed by atoms with Crippen molar-refractivity contribution >= 4 is 5.91 Å². The summed E-state index contributed by atoms with van der Waals surface area (Å²) in [6.07, 6.45) is 7.24. The Morgan fingerprint density at radius 2 is 2.24 bits per heavy atom. The topological polar surface area (TPSA) is 41.1 Å². The van der Waals surface area contributed by atoms with E-state index in [1.54, 1.807) is 12.2 Å². The van der Waals surface area contributed by atoms with Gasteiger partial charge in [-0.15, -0.1) is 0 Å². The molecule has 1 unspecified atom stereocenters. The average molecular weight is 234 g/mol. The van der Waals surface area contributed by atoms with E-state index in [1.165, 1.54) is 19.3 Å². The van der Waals surface area contributed by atoms with Crippen molar-refractivity contribution in [3.63, 3.8) is 0 Å². The van der Waals surface area contributed by atoms with E-state index in [0.717, 1.165) is 19.6 Å². The lowest BCUT2D eigenvalue weighted by Crippen LogP contribution is -2.33. The van der Waals surface area contributed by atoms with Gasteiger partial charge in [-0.2, -0.15) is 0 Å². The van der Waals surface area contributed by atoms with Crippen LogP contribution in [-0.2, 0) is 4.79 Å². The summed E-state index contributed by atoms with van der Waals surface area (Å²) >= 11 is 0. The Morgan fingerprint density at radius 1 is 1.53 bits per heavy atom. The maximum atomic E-state index is 11.7. The molecule has 0 radical (unpaired) electrons. The molecular formula is C14H22N2O. The molecule has 2 N–H and O–H groups in total. The molecular weight excluding hydrogens is 212 g/mol. The van der Waals surface area contributed by atoms with E-state index in [2.05, 4.69) is 17.2 Å². The molecule has 17 heavy (non-hydrogen) atoms. The lowest BCUT2D eigenvalue weighted by atomic mass is 9.92. The van der Waals surface area contributed by atoms with E-state index >= 15 is 0 Å². The van der Waals surface area contributed by atoms with Crippen molar-refractivity contribution in [3.05, 3.63) is 24.3 Å². The van der Waals surface area contributed by atoms with Gasteiger partial charge in [-0.3, -0.25) is 4.79 Å². The van der Waals surface area contributed by atoms with Crippen LogP contribution >= 0.6 is 0 Å². The second kappa shape index (κ2) is 5.05. The number of hydrogen-bond acceptors (Lipinski definition) is 2. The van der Waals surface area contributed by atoms with Crippen molar-refractivity contribution in [2.24, 2.45) is 11.3 Å². The van der Waals surface area contributed by atoms with E-state index in [1.807, 2.05) is 6.92 Å². The molecule has 0 aromatic rings. The van der Waals surface area contributed by atoms with Crippen LogP contribution in [0.2, 0.25) is 0 Å². The highest BCUT2D eigenvalue weighted by molar-refractivity contribution is 5.95. The zero-order valence-electron chi connectivity index (χ0n) is 10.6. The first-order valence-electron chi connectivity index (χ1n) is 6.49. The molecule has 1 spiro atoms. The highest BCUT2D eigenvalue weighted by Crippen LogP contribution is 2.58. The van der Waals surface area contributed by atoms with E-state index in [9.17, 15) is 4.79 Å². The first-order valence-corrected chi connectivity index (χ1v) is 6.49. The Kier molecular flexibility index (Phi) is 3.67. The predicted molar refractivity (Wildman–Crippen MR) is 69.6 cm³/mol. The maximum Gasteiger partial charge on any atom is 0.250 e. The first-order chi connectivity index (χ1) is 8.22. The van der Waals surface area contributed by atoms with Crippen LogP contribution in [0.5, 0.6) is 0 Å². The fourth-order valence-corrected chi connectivity index (χ4v) is 2.92. The number of carbonyl (C=O) groups is 1. The molecule has 1 aliphatic carbocycles. The second-order valence-corrected chi connectivity index (χ2v) is 5.17. The van der Waals surface area contributed by atoms with Crippen LogP contribution in [0, 0.1) is 11.3 Å². The summed E-state index contributed by atoms with van der Waals surface area (Å²) in [4.78, 5) is 11.7. The van der Waals surface area contributed by atoms with Gasteiger partial charge in [0, 0.05) is 12.1 Å². The lowest BCUT2D eigenvalue weighted by Gasteiger charge is -2.23. The highest BCUT2D eigenvalue weighted by atomic mass is 16.1. The average Bonchev–Trinajstić information content (AvgIpc) is 3.01. The SMILES string of the molecule is C=C/C(=C\C)C(=O)NCC1CC12CCNCC2. The van der Waals surface area contributed by atoms with Crippen molar-refractivity contribution in [1.82, 2.24) is 10.6 Å². The van der Waals surface area contributed by atoms with Gasteiger partial charge in [-0.05, 0) is 50.6 Å². The summed E-state index contributed by atoms with van der Waals surface area (Å²) in [6, 6.07) is 0. The monoisotopic (exact) mass is 234 g/mol. The van der Waals surface area contributed by atoms with Gasteiger partial charge in [0.05, 0.1) is 0 Å². The molecule has 1 saturated heterocycles. The normalized spacial score (nSPS) is 26.6. The van der Waals surface area contributed by atoms with Crippen LogP contribution in [0.25, 0.3) is 0 Å². The van der Waals surface area contributed by atoms with Crippen LogP contribution < -0.4 is 10.6 Å². The minimum absolute atomic E-state index is 0.0125. The summed E-state index contributed by atoms with van der Waals surface area (Å²) in [5.74, 6) is 0.704. The van der Waals surface area contributed by atoms with Crippen molar-refractivity contribution in [2.45, 2.75) is 26.2 Å². The summed E-state index contributed by atoms with van der Waals surface area (Å²) in [5, 5.41) is 6.41. The third kappa shape index (κ3) is 2.60. The molecule has 2 fully saturated rings. The molecule has 1 saturated carbocycles. The molecule has 0 aromatic heterocycles. The Labute approximate surface area is 103 Å². The standard InChI is InChI=1S/C14H22N2O/c1-3-11(4-2)13(17)16-10-12-9-14(12)5-7-15-8-6-14/h3-4,12,15H,1,5-10H2,2H3,(H,16,17)/b11-4+. The minimum Gasteiger partial charge on any atom is -0.352 e. The third-order valence-electron chi connectivity index (χ3n) is 4.26. The molecule has 2 aliphatic rings. The van der Waals surface area contributed by atoms with Crippen LogP contribution in [0.4, 0.5) is 0 Å². The molecule has 1 aliphatic heterocycles. The fraction of sp³-hybridized carbons (Fsp3) is 0.643. The number of rotatable bonds is 4. The van der Waals surface area contributed by atoms with Crippen molar-refractivity contribution in [3.8, 4) is 0 Å². The smallest absolute Gasteiger partial charge is 0.250 e. The van der Waals surface area contributed by atoms with Crippen LogP contribution in [0.15, 0.2) is 24.3 Å². The summed E-state index contributed by atoms with van der Waals surface area (Å²) < 4.78 is 0. The van der Waals surface area contributed by atoms with E-state index in [4.69, 9.17) is 0 Å². The van der Waals surface area contributed by atoms with Crippen LogP contribution in [0.3, 0.4) is 0 Å². The van der Waals surface area contributed by atoms with E-state index in [0.29, 0.717) is 16.9 Å². The van der Waals surface area contributed by atoms with Gasteiger partial charge in [-0.25, -0.2) is 0 Å². The maximum absolute atomic E-state index is 11.7. The zero-order valence-corrected chi connectivity index (χ0v) is 10.6. The molecule has 1 heterocycles. The summed E-state index contributed by atoms with van der Waals surface area (Å²) in [6.45, 7) is 8.60. The number of hydrogen-bond donors (Lipinski definition) is 2. The van der Waals surface area contributed by atoms with Gasteiger partial charge >= 0.3 is 0 Å². The number of allylic oxidation sites excluding steroid dienone is 1. The minimum atomic E-state index is 0.0125. The van der Waals surface area contributed by atoms with Crippen molar-refractivity contribution in [1.29, 1.82) is 0 Å². The van der Waals surface area contributed by atoms with Gasteiger partial charge in [0.1, 0.15) is 0 Å². The van der Waals surface area contributed by atoms with E-state index in [-0.39, 0.29) is 5.91 Å². The van der Waals surface area contributed by atoms with Crippen LogP contribution in [-0.4, -0.2) is 25.5 Å². The largest absolute Gasteiger partial charge is 0.352 e. The van der Waals surface area contributed by atoms with Gasteiger partial charge in [-0.1, -0.05) is 18.7 Å². The number of nitrogens with one attached hydrogen (secondary N) is 2. The molecule has 0 aromatic carbocycles. The highest BCUT2D eigenvalue weighted by Gasteiger charge is 2.53. The predicted octanol–water partition coefficient (Wildman–Crippen LogP) is 1.62. The van der Waals surface area contributed by atoms with Gasteiger partial charge in [0.25, 0.3) is 5.91 Å². The second-order valence-electron chi connectivity index (χ2n) is 5.17. The first kappa shape index (κ1) is 12.4. The number of amides is 1. The molecule has 0 bridgehead atoms. The molecule has 1 amide bonds.